The van der Waals surface area contributed by atoms with Crippen molar-refractivity contribution in [2.24, 2.45) is 11.8 Å². The Labute approximate surface area is 114 Å². The minimum absolute atomic E-state index is 0.703. The van der Waals surface area contributed by atoms with Crippen LogP contribution in [0.4, 0.5) is 0 Å². The highest BCUT2D eigenvalue weighted by atomic mass is 79.9. The second kappa shape index (κ2) is 7.12. The van der Waals surface area contributed by atoms with E-state index < -0.39 is 0 Å². The molecule has 0 radical (unpaired) electrons. The molecule has 0 bridgehead atoms. The van der Waals surface area contributed by atoms with Crippen molar-refractivity contribution in [3.05, 3.63) is 28.5 Å². The van der Waals surface area contributed by atoms with Crippen molar-refractivity contribution in [1.82, 2.24) is 9.88 Å². The molecule has 2 nitrogen and oxygen atoms in total. The Hall–Kier alpha value is -0.410. The van der Waals surface area contributed by atoms with E-state index >= 15 is 0 Å². The van der Waals surface area contributed by atoms with Crippen LogP contribution in [-0.4, -0.2) is 23.0 Å². The minimum atomic E-state index is 0.703. The molecule has 0 spiro atoms. The molecule has 0 saturated carbocycles. The molecule has 1 heterocycles. The van der Waals surface area contributed by atoms with Gasteiger partial charge in [0.15, 0.2) is 0 Å². The largest absolute Gasteiger partial charge is 0.299 e. The third kappa shape index (κ3) is 6.18. The average molecular weight is 299 g/mol. The molecule has 0 aromatic carbocycles. The Kier molecular flexibility index (Phi) is 6.14. The molecule has 0 atom stereocenters. The van der Waals surface area contributed by atoms with Crippen molar-refractivity contribution >= 4 is 15.9 Å². The van der Waals surface area contributed by atoms with Gasteiger partial charge in [-0.05, 0) is 39.4 Å². The fraction of sp³-hybridized carbons (Fsp3) is 0.643. The molecule has 0 aliphatic carbocycles. The highest BCUT2D eigenvalue weighted by Crippen LogP contribution is 2.13. The van der Waals surface area contributed by atoms with Gasteiger partial charge in [0.25, 0.3) is 0 Å². The number of rotatable bonds is 6. The summed E-state index contributed by atoms with van der Waals surface area (Å²) in [6, 6.07) is 2.15. The third-order valence-corrected chi connectivity index (χ3v) is 2.85. The maximum Gasteiger partial charge on any atom is 0.0410 e. The lowest BCUT2D eigenvalue weighted by atomic mass is 10.1. The molecule has 17 heavy (non-hydrogen) atoms. The summed E-state index contributed by atoms with van der Waals surface area (Å²) in [7, 11) is 0. The lowest BCUT2D eigenvalue weighted by Gasteiger charge is -2.26. The van der Waals surface area contributed by atoms with Crippen LogP contribution in [0.15, 0.2) is 22.9 Å². The van der Waals surface area contributed by atoms with Gasteiger partial charge in [-0.2, -0.15) is 0 Å². The first-order valence-electron chi connectivity index (χ1n) is 6.29. The van der Waals surface area contributed by atoms with Gasteiger partial charge in [-0.15, -0.1) is 0 Å². The molecule has 0 amide bonds. The van der Waals surface area contributed by atoms with Crippen LogP contribution < -0.4 is 0 Å². The smallest absolute Gasteiger partial charge is 0.0410 e. The van der Waals surface area contributed by atoms with Crippen molar-refractivity contribution in [1.29, 1.82) is 0 Å². The van der Waals surface area contributed by atoms with E-state index in [0.29, 0.717) is 11.8 Å². The Morgan fingerprint density at radius 3 is 2.18 bits per heavy atom. The molecule has 1 aromatic heterocycles. The first-order valence-corrected chi connectivity index (χ1v) is 7.08. The number of halogens is 1. The van der Waals surface area contributed by atoms with Crippen LogP contribution in [0.25, 0.3) is 0 Å². The monoisotopic (exact) mass is 298 g/mol. The first kappa shape index (κ1) is 14.7. The molecule has 3 heteroatoms. The Morgan fingerprint density at radius 2 is 1.71 bits per heavy atom. The maximum absolute atomic E-state index is 4.22. The van der Waals surface area contributed by atoms with Crippen molar-refractivity contribution in [3.63, 3.8) is 0 Å². The van der Waals surface area contributed by atoms with Crippen molar-refractivity contribution in [2.75, 3.05) is 13.1 Å². The van der Waals surface area contributed by atoms with Gasteiger partial charge in [0.05, 0.1) is 0 Å². The predicted molar refractivity (Wildman–Crippen MR) is 76.9 cm³/mol. The van der Waals surface area contributed by atoms with E-state index in [-0.39, 0.29) is 0 Å². The molecule has 1 aromatic rings. The fourth-order valence-electron chi connectivity index (χ4n) is 2.04. The van der Waals surface area contributed by atoms with Gasteiger partial charge < -0.3 is 0 Å². The average Bonchev–Trinajstić information content (AvgIpc) is 2.14. The van der Waals surface area contributed by atoms with Crippen molar-refractivity contribution < 1.29 is 0 Å². The summed E-state index contributed by atoms with van der Waals surface area (Å²) in [5.41, 5.74) is 1.28. The summed E-state index contributed by atoms with van der Waals surface area (Å²) in [5, 5.41) is 0. The lowest BCUT2D eigenvalue weighted by molar-refractivity contribution is 0.211. The summed E-state index contributed by atoms with van der Waals surface area (Å²) in [4.78, 5) is 6.73. The highest BCUT2D eigenvalue weighted by molar-refractivity contribution is 9.10. The minimum Gasteiger partial charge on any atom is -0.299 e. The molecular weight excluding hydrogens is 276 g/mol. The van der Waals surface area contributed by atoms with Crippen LogP contribution in [0.2, 0.25) is 0 Å². The van der Waals surface area contributed by atoms with Crippen LogP contribution in [0.5, 0.6) is 0 Å². The van der Waals surface area contributed by atoms with E-state index in [4.69, 9.17) is 0 Å². The van der Waals surface area contributed by atoms with E-state index in [9.17, 15) is 0 Å². The zero-order valence-corrected chi connectivity index (χ0v) is 12.9. The molecule has 0 N–H and O–H groups in total. The van der Waals surface area contributed by atoms with Gasteiger partial charge in [-0.25, -0.2) is 0 Å². The Bertz CT molecular complexity index is 327. The summed E-state index contributed by atoms with van der Waals surface area (Å²) in [5.74, 6) is 1.41. The number of hydrogen-bond donors (Lipinski definition) is 0. The normalized spacial score (nSPS) is 11.8. The number of nitrogens with zero attached hydrogens (tertiary/aromatic N) is 2. The van der Waals surface area contributed by atoms with E-state index in [0.717, 1.165) is 24.1 Å². The zero-order valence-electron chi connectivity index (χ0n) is 11.3. The number of aromatic nitrogens is 1. The number of hydrogen-bond acceptors (Lipinski definition) is 2. The quantitative estimate of drug-likeness (QED) is 0.790. The first-order chi connectivity index (χ1) is 7.97. The van der Waals surface area contributed by atoms with Crippen LogP contribution >= 0.6 is 15.9 Å². The van der Waals surface area contributed by atoms with Gasteiger partial charge in [-0.1, -0.05) is 27.7 Å². The van der Waals surface area contributed by atoms with Crippen LogP contribution in [0.3, 0.4) is 0 Å². The second-order valence-corrected chi connectivity index (χ2v) is 6.41. The highest BCUT2D eigenvalue weighted by Gasteiger charge is 2.10. The van der Waals surface area contributed by atoms with Gasteiger partial charge >= 0.3 is 0 Å². The van der Waals surface area contributed by atoms with E-state index in [1.54, 1.807) is 0 Å². The molecule has 0 unspecified atom stereocenters. The van der Waals surface area contributed by atoms with Crippen LogP contribution in [0.1, 0.15) is 33.3 Å². The van der Waals surface area contributed by atoms with Gasteiger partial charge in [-0.3, -0.25) is 9.88 Å². The van der Waals surface area contributed by atoms with E-state index in [2.05, 4.69) is 59.6 Å². The molecule has 0 saturated heterocycles. The Morgan fingerprint density at radius 1 is 1.12 bits per heavy atom. The summed E-state index contributed by atoms with van der Waals surface area (Å²) >= 11 is 3.47. The zero-order chi connectivity index (χ0) is 12.8. The molecular formula is C14H23BrN2. The summed E-state index contributed by atoms with van der Waals surface area (Å²) < 4.78 is 1.06. The topological polar surface area (TPSA) is 16.1 Å². The van der Waals surface area contributed by atoms with Gasteiger partial charge in [0, 0.05) is 36.5 Å². The number of pyridine rings is 1. The predicted octanol–water partition coefficient (Wildman–Crippen LogP) is 3.96. The van der Waals surface area contributed by atoms with E-state index in [1.165, 1.54) is 5.56 Å². The fourth-order valence-corrected chi connectivity index (χ4v) is 2.45. The maximum atomic E-state index is 4.22. The van der Waals surface area contributed by atoms with Crippen LogP contribution in [0, 0.1) is 11.8 Å². The Balaban J connectivity index is 2.64. The standard InChI is InChI=1S/C14H23BrN2/c1-11(2)8-17(9-12(3)4)10-13-5-14(15)7-16-6-13/h5-7,11-12H,8-10H2,1-4H3. The third-order valence-electron chi connectivity index (χ3n) is 2.41. The second-order valence-electron chi connectivity index (χ2n) is 5.49. The van der Waals surface area contributed by atoms with Crippen molar-refractivity contribution in [2.45, 2.75) is 34.2 Å². The molecule has 0 aliphatic rings. The molecule has 0 aliphatic heterocycles. The van der Waals surface area contributed by atoms with Gasteiger partial charge in [0.2, 0.25) is 0 Å². The van der Waals surface area contributed by atoms with Crippen LogP contribution in [-0.2, 0) is 6.54 Å². The summed E-state index contributed by atoms with van der Waals surface area (Å²) in [6.45, 7) is 12.4. The molecule has 0 fully saturated rings. The molecule has 1 rings (SSSR count). The van der Waals surface area contributed by atoms with E-state index in [1.807, 2.05) is 12.4 Å². The summed E-state index contributed by atoms with van der Waals surface area (Å²) in [6.07, 6.45) is 3.79. The molecule has 96 valence electrons. The SMILES string of the molecule is CC(C)CN(Cc1cncc(Br)c1)CC(C)C. The lowest BCUT2D eigenvalue weighted by Crippen LogP contribution is -2.30. The van der Waals surface area contributed by atoms with Crippen molar-refractivity contribution in [3.8, 4) is 0 Å². The van der Waals surface area contributed by atoms with Gasteiger partial charge in [0.1, 0.15) is 0 Å².